The number of carbonyl (C=O) groups is 6. The summed E-state index contributed by atoms with van der Waals surface area (Å²) in [5.41, 5.74) is 3.87. The van der Waals surface area contributed by atoms with Gasteiger partial charge in [-0.05, 0) is 89.8 Å². The van der Waals surface area contributed by atoms with Crippen molar-refractivity contribution < 1.29 is 60.5 Å². The molecule has 2 heterocycles. The number of methoxy groups -OCH3 is 2. The summed E-state index contributed by atoms with van der Waals surface area (Å²) >= 11 is 0. The Morgan fingerprint density at radius 2 is 1.38 bits per heavy atom. The molecule has 0 radical (unpaired) electrons. The quantitative estimate of drug-likeness (QED) is 0.103. The lowest BCUT2D eigenvalue weighted by Crippen LogP contribution is -2.54. The second-order valence-electron chi connectivity index (χ2n) is 18.6. The molecule has 68 heavy (non-hydrogen) atoms. The van der Waals surface area contributed by atoms with Gasteiger partial charge in [0, 0.05) is 53.2 Å². The van der Waals surface area contributed by atoms with Crippen LogP contribution >= 0.6 is 0 Å². The van der Waals surface area contributed by atoms with Gasteiger partial charge in [-0.2, -0.15) is 0 Å². The highest BCUT2D eigenvalue weighted by Crippen LogP contribution is 2.51. The molecule has 1 saturated heterocycles. The maximum atomic E-state index is 15.4. The molecule has 2 aliphatic heterocycles. The van der Waals surface area contributed by atoms with Gasteiger partial charge in [-0.25, -0.2) is 27.2 Å². The minimum absolute atomic E-state index is 0.144. The van der Waals surface area contributed by atoms with E-state index in [1.54, 1.807) is 71.9 Å². The molecule has 5 amide bonds. The van der Waals surface area contributed by atoms with Crippen LogP contribution in [0.5, 0.6) is 5.75 Å². The summed E-state index contributed by atoms with van der Waals surface area (Å²) in [6, 6.07) is 10.2. The van der Waals surface area contributed by atoms with Crippen LogP contribution in [-0.4, -0.2) is 91.8 Å². The van der Waals surface area contributed by atoms with Crippen molar-refractivity contribution in [2.75, 3.05) is 31.4 Å². The summed E-state index contributed by atoms with van der Waals surface area (Å²) in [6.07, 6.45) is -3.80. The molecule has 4 N–H and O–H groups in total. The molecule has 3 aliphatic rings. The van der Waals surface area contributed by atoms with Gasteiger partial charge in [0.1, 0.15) is 47.9 Å². The van der Waals surface area contributed by atoms with Gasteiger partial charge in [0.15, 0.2) is 5.78 Å². The number of likely N-dealkylation sites (tertiary alicyclic amines) is 1. The Balaban J connectivity index is 1.21. The molecular formula is C50H59F4N5O9. The number of benzene rings is 3. The van der Waals surface area contributed by atoms with Crippen molar-refractivity contribution >= 4 is 58.7 Å². The van der Waals surface area contributed by atoms with Gasteiger partial charge < -0.3 is 40.4 Å². The number of ketones is 1. The number of anilines is 2. The minimum atomic E-state index is -1.50. The molecule has 0 aromatic heterocycles. The van der Waals surface area contributed by atoms with Crippen LogP contribution in [-0.2, 0) is 35.1 Å². The van der Waals surface area contributed by atoms with E-state index in [0.717, 1.165) is 34.8 Å². The van der Waals surface area contributed by atoms with Gasteiger partial charge in [-0.15, -0.1) is 0 Å². The number of rotatable bonds is 16. The van der Waals surface area contributed by atoms with Crippen LogP contribution in [0.4, 0.5) is 38.5 Å². The van der Waals surface area contributed by atoms with Gasteiger partial charge in [0.05, 0.1) is 26.8 Å². The molecule has 14 nitrogen and oxygen atoms in total. The van der Waals surface area contributed by atoms with Crippen molar-refractivity contribution in [3.8, 4) is 5.75 Å². The zero-order chi connectivity index (χ0) is 49.7. The first-order valence-electron chi connectivity index (χ1n) is 22.7. The van der Waals surface area contributed by atoms with E-state index in [4.69, 9.17) is 4.74 Å². The molecule has 0 bridgehead atoms. The molecule has 1 fully saturated rings. The predicted molar refractivity (Wildman–Crippen MR) is 246 cm³/mol. The minimum Gasteiger partial charge on any atom is -0.484 e. The van der Waals surface area contributed by atoms with Crippen LogP contribution in [0.3, 0.4) is 0 Å². The Bertz CT molecular complexity index is 2430. The largest absolute Gasteiger partial charge is 0.484 e. The van der Waals surface area contributed by atoms with Crippen LogP contribution in [0, 0.1) is 41.2 Å². The fourth-order valence-corrected chi connectivity index (χ4v) is 9.15. The third kappa shape index (κ3) is 11.8. The third-order valence-electron chi connectivity index (χ3n) is 12.8. The maximum Gasteiger partial charge on any atom is 0.407 e. The first-order valence-corrected chi connectivity index (χ1v) is 22.7. The van der Waals surface area contributed by atoms with Gasteiger partial charge in [-0.1, -0.05) is 53.7 Å². The van der Waals surface area contributed by atoms with Crippen LogP contribution in [0.2, 0.25) is 0 Å². The molecule has 3 aromatic rings. The fourth-order valence-electron chi connectivity index (χ4n) is 9.15. The van der Waals surface area contributed by atoms with Gasteiger partial charge in [0.25, 0.3) is 0 Å². The Morgan fingerprint density at radius 1 is 0.779 bits per heavy atom. The topological polar surface area (TPSA) is 181 Å². The van der Waals surface area contributed by atoms with E-state index in [9.17, 15) is 41.9 Å². The number of hydrogen-bond acceptors (Lipinski definition) is 9. The van der Waals surface area contributed by atoms with Gasteiger partial charge in [0.2, 0.25) is 17.7 Å². The van der Waals surface area contributed by atoms with Crippen molar-refractivity contribution in [1.82, 2.24) is 15.5 Å². The lowest BCUT2D eigenvalue weighted by atomic mass is 9.74. The molecule has 0 spiro atoms. The maximum absolute atomic E-state index is 15.4. The van der Waals surface area contributed by atoms with E-state index in [1.807, 2.05) is 12.1 Å². The van der Waals surface area contributed by atoms with E-state index in [2.05, 4.69) is 30.7 Å². The summed E-state index contributed by atoms with van der Waals surface area (Å²) in [6.45, 7) is 9.72. The summed E-state index contributed by atoms with van der Waals surface area (Å²) in [7, 11) is 2.33. The first kappa shape index (κ1) is 50.9. The molecule has 18 heteroatoms. The number of alkyl halides is 2. The van der Waals surface area contributed by atoms with E-state index in [-0.39, 0.29) is 54.5 Å². The Kier molecular flexibility index (Phi) is 16.2. The van der Waals surface area contributed by atoms with Gasteiger partial charge >= 0.3 is 12.2 Å². The number of carbonyl (C=O) groups excluding carboxylic acids is 6. The molecule has 0 saturated carbocycles. The number of halogens is 4. The van der Waals surface area contributed by atoms with Crippen molar-refractivity contribution in [1.29, 1.82) is 0 Å². The highest BCUT2D eigenvalue weighted by molar-refractivity contribution is 6.00. The Hall–Kier alpha value is -6.46. The number of hydrogen-bond donors (Lipinski definition) is 4. The lowest BCUT2D eigenvalue weighted by Gasteiger charge is -2.39. The van der Waals surface area contributed by atoms with Crippen LogP contribution in [0.15, 0.2) is 54.6 Å². The molecule has 9 atom stereocenters. The average molecular weight is 950 g/mol. The second kappa shape index (κ2) is 21.7. The molecule has 6 rings (SSSR count). The number of nitrogens with zero attached hydrogens (tertiary/aromatic N) is 1. The normalized spacial score (nSPS) is 20.5. The van der Waals surface area contributed by atoms with Gasteiger partial charge in [-0.3, -0.25) is 19.2 Å². The number of amides is 5. The van der Waals surface area contributed by atoms with E-state index in [1.165, 1.54) is 19.2 Å². The predicted octanol–water partition coefficient (Wildman–Crippen LogP) is 8.35. The molecule has 3 unspecified atom stereocenters. The highest BCUT2D eigenvalue weighted by atomic mass is 19.1. The van der Waals surface area contributed by atoms with Crippen LogP contribution in [0.1, 0.15) is 89.2 Å². The number of fused-ring (bicyclic) bond motifs is 4. The fraction of sp³-hybridized carbons (Fsp3) is 0.480. The number of alkyl carbamates (subject to hydrolysis) is 2. The van der Waals surface area contributed by atoms with Crippen LogP contribution in [0.25, 0.3) is 11.6 Å². The third-order valence-corrected chi connectivity index (χ3v) is 12.8. The lowest BCUT2D eigenvalue weighted by molar-refractivity contribution is -0.139. The van der Waals surface area contributed by atoms with E-state index >= 15 is 4.39 Å². The smallest absolute Gasteiger partial charge is 0.407 e. The Labute approximate surface area is 392 Å². The molecule has 366 valence electrons. The summed E-state index contributed by atoms with van der Waals surface area (Å²) in [4.78, 5) is 78.9. The second-order valence-corrected chi connectivity index (χ2v) is 18.6. The monoisotopic (exact) mass is 949 g/mol. The average Bonchev–Trinajstić information content (AvgIpc) is 3.69. The van der Waals surface area contributed by atoms with E-state index < -0.39 is 102 Å². The zero-order valence-electron chi connectivity index (χ0n) is 39.3. The SMILES string of the molecule is COC(=O)N[C@H](C(=O)C(C)C[C@@H](F)C[C@H](C)C(=O)Nc1ccc2c(c1)C=C1c3ccc(NC(=O)[C@@H]4C[C@@H](F)CN4C(=O)[C@@H](NC(=O)OC)C(C)C)cc3OC(c3cc(F)cc(F)c3)C1C2)C(C)C. The number of Topliss-reactive ketones (excluding diaryl/α,β-unsaturated/α-hetero) is 1. The van der Waals surface area contributed by atoms with Crippen molar-refractivity contribution in [3.63, 3.8) is 0 Å². The molecular weight excluding hydrogens is 891 g/mol. The molecule has 3 aromatic carbocycles. The number of nitrogens with one attached hydrogen (secondary N) is 4. The standard InChI is InChI=1S/C50H59F4N5O9/c1-24(2)42(57-49(64)66-7)44(60)26(5)13-31(51)14-27(6)46(61)55-35-10-9-28-18-39-38(19-29(28)17-35)37-12-11-36(22-41(37)68-45(39)30-15-32(52)20-33(53)16-30)56-47(62)40-21-34(54)23-59(40)48(63)43(25(3)4)58-50(65)67-8/h9-12,15-17,19-20,22,24-27,31,34,39-40,42-43,45H,13-14,18,21,23H2,1-8H3,(H,55,61)(H,56,62)(H,57,64)(H,58,65)/t26?,27-,31+,34+,39?,40-,42-,43-,45?/m0/s1. The zero-order valence-corrected chi connectivity index (χ0v) is 39.3. The highest BCUT2D eigenvalue weighted by Gasteiger charge is 2.44. The summed E-state index contributed by atoms with van der Waals surface area (Å²) in [5.74, 6) is -6.06. The Morgan fingerprint density at radius 3 is 2.01 bits per heavy atom. The van der Waals surface area contributed by atoms with Crippen LogP contribution < -0.4 is 26.0 Å². The van der Waals surface area contributed by atoms with Crippen molar-refractivity contribution in [3.05, 3.63) is 88.5 Å². The summed E-state index contributed by atoms with van der Waals surface area (Å²) in [5, 5.41) is 10.6. The van der Waals surface area contributed by atoms with Crippen molar-refractivity contribution in [2.45, 2.75) is 104 Å². The first-order chi connectivity index (χ1) is 32.2. The molecule has 1 aliphatic carbocycles. The number of ether oxygens (including phenoxy) is 3. The van der Waals surface area contributed by atoms with Crippen molar-refractivity contribution in [2.24, 2.45) is 29.6 Å². The van der Waals surface area contributed by atoms with E-state index in [0.29, 0.717) is 17.7 Å². The summed E-state index contributed by atoms with van der Waals surface area (Å²) < 4.78 is 75.6.